The Labute approximate surface area is 111 Å². The largest absolute Gasteiger partial charge is 0.333 e. The molecular formula is C15H28O3. The molecule has 1 aliphatic heterocycles. The normalized spacial score (nSPS) is 36.2. The van der Waals surface area contributed by atoms with Crippen molar-refractivity contribution in [1.82, 2.24) is 0 Å². The molecule has 2 rings (SSSR count). The highest BCUT2D eigenvalue weighted by molar-refractivity contribution is 4.76. The van der Waals surface area contributed by atoms with E-state index in [-0.39, 0.29) is 12.2 Å². The minimum absolute atomic E-state index is 0.260. The maximum Gasteiger partial charge on any atom is 0.272 e. The van der Waals surface area contributed by atoms with Gasteiger partial charge in [-0.15, -0.1) is 0 Å². The van der Waals surface area contributed by atoms with Crippen LogP contribution < -0.4 is 0 Å². The van der Waals surface area contributed by atoms with Crippen molar-refractivity contribution in [2.75, 3.05) is 7.11 Å². The maximum absolute atomic E-state index is 5.81. The molecule has 18 heavy (non-hydrogen) atoms. The highest BCUT2D eigenvalue weighted by atomic mass is 16.9. The molecule has 3 heteroatoms. The Morgan fingerprint density at radius 1 is 0.667 bits per heavy atom. The van der Waals surface area contributed by atoms with Crippen LogP contribution in [-0.2, 0) is 14.2 Å². The summed E-state index contributed by atoms with van der Waals surface area (Å²) in [5.41, 5.74) is 0. The Kier molecular flexibility index (Phi) is 6.46. The minimum Gasteiger partial charge on any atom is -0.333 e. The highest BCUT2D eigenvalue weighted by Crippen LogP contribution is 2.28. The fraction of sp³-hybridized carbons (Fsp3) is 1.00. The number of hydrogen-bond acceptors (Lipinski definition) is 3. The third-order valence-electron chi connectivity index (χ3n) is 4.16. The summed E-state index contributed by atoms with van der Waals surface area (Å²) in [6.07, 6.45) is 15.0. The molecule has 0 N–H and O–H groups in total. The van der Waals surface area contributed by atoms with Crippen molar-refractivity contribution >= 4 is 0 Å². The fourth-order valence-electron chi connectivity index (χ4n) is 3.04. The third kappa shape index (κ3) is 4.52. The van der Waals surface area contributed by atoms with Crippen LogP contribution in [-0.4, -0.2) is 25.8 Å². The van der Waals surface area contributed by atoms with Crippen molar-refractivity contribution in [2.24, 2.45) is 0 Å². The Hall–Kier alpha value is -0.120. The van der Waals surface area contributed by atoms with E-state index in [0.29, 0.717) is 0 Å². The van der Waals surface area contributed by atoms with Crippen LogP contribution in [0.25, 0.3) is 0 Å². The quantitative estimate of drug-likeness (QED) is 0.709. The summed E-state index contributed by atoms with van der Waals surface area (Å²) in [7, 11) is 1.66. The molecule has 1 saturated heterocycles. The second-order valence-corrected chi connectivity index (χ2v) is 5.63. The first kappa shape index (κ1) is 14.3. The molecule has 0 bridgehead atoms. The van der Waals surface area contributed by atoms with E-state index in [1.165, 1.54) is 57.8 Å². The van der Waals surface area contributed by atoms with Gasteiger partial charge >= 0.3 is 0 Å². The van der Waals surface area contributed by atoms with Gasteiger partial charge in [-0.2, -0.15) is 0 Å². The van der Waals surface area contributed by atoms with Crippen LogP contribution in [0.3, 0.4) is 0 Å². The second-order valence-electron chi connectivity index (χ2n) is 5.63. The van der Waals surface area contributed by atoms with Gasteiger partial charge in [0.15, 0.2) is 0 Å². The molecule has 0 spiro atoms. The summed E-state index contributed by atoms with van der Waals surface area (Å²) >= 11 is 0. The number of rotatable bonds is 1. The van der Waals surface area contributed by atoms with Crippen LogP contribution in [0, 0.1) is 0 Å². The van der Waals surface area contributed by atoms with E-state index >= 15 is 0 Å². The van der Waals surface area contributed by atoms with Crippen LogP contribution in [0.2, 0.25) is 0 Å². The summed E-state index contributed by atoms with van der Waals surface area (Å²) < 4.78 is 16.8. The highest BCUT2D eigenvalue weighted by Gasteiger charge is 2.35. The zero-order chi connectivity index (χ0) is 12.6. The molecule has 1 aliphatic carbocycles. The second kappa shape index (κ2) is 8.13. The smallest absolute Gasteiger partial charge is 0.272 e. The van der Waals surface area contributed by atoms with Crippen LogP contribution in [0.1, 0.15) is 70.6 Å². The predicted octanol–water partition coefficient (Wildman–Crippen LogP) is 4.01. The van der Waals surface area contributed by atoms with Gasteiger partial charge in [0.1, 0.15) is 0 Å². The average Bonchev–Trinajstić information content (AvgIpc) is 2.78. The van der Waals surface area contributed by atoms with Gasteiger partial charge in [-0.05, 0) is 12.8 Å². The van der Waals surface area contributed by atoms with E-state index in [9.17, 15) is 0 Å². The summed E-state index contributed by atoms with van der Waals surface area (Å²) in [4.78, 5) is 0. The van der Waals surface area contributed by atoms with Crippen molar-refractivity contribution in [3.63, 3.8) is 0 Å². The summed E-state index contributed by atoms with van der Waals surface area (Å²) in [5.74, 6) is 0. The van der Waals surface area contributed by atoms with Gasteiger partial charge in [0.25, 0.3) is 6.48 Å². The average molecular weight is 256 g/mol. The van der Waals surface area contributed by atoms with E-state index in [4.69, 9.17) is 14.2 Å². The Morgan fingerprint density at radius 2 is 1.06 bits per heavy atom. The SMILES string of the molecule is COC1OC2CCCCCCCCCCCC2O1. The maximum atomic E-state index is 5.81. The first-order valence-electron chi connectivity index (χ1n) is 7.74. The van der Waals surface area contributed by atoms with Crippen LogP contribution in [0.4, 0.5) is 0 Å². The van der Waals surface area contributed by atoms with Crippen LogP contribution in [0.5, 0.6) is 0 Å². The molecule has 1 heterocycles. The van der Waals surface area contributed by atoms with E-state index in [2.05, 4.69) is 0 Å². The van der Waals surface area contributed by atoms with Crippen molar-refractivity contribution in [3.05, 3.63) is 0 Å². The summed E-state index contributed by atoms with van der Waals surface area (Å²) in [6.45, 7) is -0.423. The van der Waals surface area contributed by atoms with Gasteiger partial charge in [-0.25, -0.2) is 0 Å². The molecule has 2 atom stereocenters. The molecule has 0 amide bonds. The van der Waals surface area contributed by atoms with E-state index in [1.54, 1.807) is 7.11 Å². The number of methoxy groups -OCH3 is 1. The zero-order valence-electron chi connectivity index (χ0n) is 11.7. The van der Waals surface area contributed by atoms with Gasteiger partial charge in [0, 0.05) is 7.11 Å². The summed E-state index contributed by atoms with van der Waals surface area (Å²) in [6, 6.07) is 0. The zero-order valence-corrected chi connectivity index (χ0v) is 11.7. The van der Waals surface area contributed by atoms with E-state index < -0.39 is 6.48 Å². The molecule has 2 unspecified atom stereocenters. The van der Waals surface area contributed by atoms with Crippen molar-refractivity contribution in [1.29, 1.82) is 0 Å². The minimum atomic E-state index is -0.423. The third-order valence-corrected chi connectivity index (χ3v) is 4.16. The van der Waals surface area contributed by atoms with Crippen LogP contribution >= 0.6 is 0 Å². The molecule has 2 fully saturated rings. The topological polar surface area (TPSA) is 27.7 Å². The van der Waals surface area contributed by atoms with Crippen molar-refractivity contribution in [3.8, 4) is 0 Å². The Bertz CT molecular complexity index is 200. The molecule has 0 aromatic rings. The lowest BCUT2D eigenvalue weighted by molar-refractivity contribution is -0.229. The number of hydrogen-bond donors (Lipinski definition) is 0. The fourth-order valence-corrected chi connectivity index (χ4v) is 3.04. The number of fused-ring (bicyclic) bond motifs is 1. The first-order valence-corrected chi connectivity index (χ1v) is 7.74. The summed E-state index contributed by atoms with van der Waals surface area (Å²) in [5, 5.41) is 0. The molecule has 0 aromatic heterocycles. The van der Waals surface area contributed by atoms with Crippen LogP contribution in [0.15, 0.2) is 0 Å². The monoisotopic (exact) mass is 256 g/mol. The predicted molar refractivity (Wildman–Crippen MR) is 71.3 cm³/mol. The van der Waals surface area contributed by atoms with Gasteiger partial charge in [-0.1, -0.05) is 57.8 Å². The molecule has 2 aliphatic rings. The lowest BCUT2D eigenvalue weighted by atomic mass is 10.0. The van der Waals surface area contributed by atoms with Crippen molar-refractivity contribution < 1.29 is 14.2 Å². The van der Waals surface area contributed by atoms with E-state index in [1.807, 2.05) is 0 Å². The van der Waals surface area contributed by atoms with Gasteiger partial charge < -0.3 is 14.2 Å². The lowest BCUT2D eigenvalue weighted by Gasteiger charge is -2.15. The van der Waals surface area contributed by atoms with E-state index in [0.717, 1.165) is 12.8 Å². The Balaban J connectivity index is 1.81. The lowest BCUT2D eigenvalue weighted by Crippen LogP contribution is -2.22. The molecule has 3 nitrogen and oxygen atoms in total. The van der Waals surface area contributed by atoms with Gasteiger partial charge in [0.2, 0.25) is 0 Å². The van der Waals surface area contributed by atoms with Gasteiger partial charge in [-0.3, -0.25) is 0 Å². The van der Waals surface area contributed by atoms with Crippen molar-refractivity contribution in [2.45, 2.75) is 89.3 Å². The standard InChI is InChI=1S/C15H28O3/c1-16-15-17-13-11-9-7-5-3-2-4-6-8-10-12-14(13)18-15/h13-15H,2-12H2,1H3. The molecular weight excluding hydrogens is 228 g/mol. The molecule has 106 valence electrons. The molecule has 0 radical (unpaired) electrons. The molecule has 1 saturated carbocycles. The molecule has 0 aromatic carbocycles. The first-order chi connectivity index (χ1) is 8.90. The van der Waals surface area contributed by atoms with Gasteiger partial charge in [0.05, 0.1) is 12.2 Å². The Morgan fingerprint density at radius 3 is 1.44 bits per heavy atom. The number of ether oxygens (including phenoxy) is 3.